The Bertz CT molecular complexity index is 679. The van der Waals surface area contributed by atoms with Crippen LogP contribution in [0.4, 0.5) is 5.82 Å². The molecule has 3 heterocycles. The average Bonchev–Trinajstić information content (AvgIpc) is 2.93. The second-order valence-electron chi connectivity index (χ2n) is 6.39. The third kappa shape index (κ3) is 2.58. The number of aromatic nitrogens is 1. The van der Waals surface area contributed by atoms with Gasteiger partial charge >= 0.3 is 0 Å². The molecule has 2 aliphatic rings. The van der Waals surface area contributed by atoms with Gasteiger partial charge < -0.3 is 10.2 Å². The fraction of sp³-hybridized carbons (Fsp3) is 0.529. The van der Waals surface area contributed by atoms with Crippen LogP contribution in [0.3, 0.4) is 0 Å². The van der Waals surface area contributed by atoms with Crippen molar-refractivity contribution in [3.63, 3.8) is 0 Å². The van der Waals surface area contributed by atoms with Gasteiger partial charge in [-0.15, -0.1) is 11.3 Å². The highest BCUT2D eigenvalue weighted by molar-refractivity contribution is 7.17. The number of hydrogen-bond donors (Lipinski definition) is 1. The predicted molar refractivity (Wildman–Crippen MR) is 90.3 cm³/mol. The van der Waals surface area contributed by atoms with Crippen LogP contribution < -0.4 is 10.2 Å². The van der Waals surface area contributed by atoms with Crippen molar-refractivity contribution in [1.82, 2.24) is 10.3 Å². The molecule has 1 unspecified atom stereocenters. The van der Waals surface area contributed by atoms with Crippen molar-refractivity contribution in [3.05, 3.63) is 23.7 Å². The molecule has 4 rings (SSSR count). The number of nitrogens with zero attached hydrogens (tertiary/aromatic N) is 2. The summed E-state index contributed by atoms with van der Waals surface area (Å²) in [5.41, 5.74) is 0. The normalized spacial score (nSPS) is 22.5. The lowest BCUT2D eigenvalue weighted by Crippen LogP contribution is -2.50. The molecule has 0 radical (unpaired) electrons. The van der Waals surface area contributed by atoms with E-state index in [0.717, 1.165) is 44.6 Å². The van der Waals surface area contributed by atoms with E-state index in [1.807, 2.05) is 6.20 Å². The molecule has 116 valence electrons. The maximum absolute atomic E-state index is 12.2. The summed E-state index contributed by atoms with van der Waals surface area (Å²) in [5, 5.41) is 6.61. The number of anilines is 1. The molecule has 1 aliphatic carbocycles. The SMILES string of the molecule is O=C(NC1CCCN(c2nccc3sccc23)C1)C1CCC1. The third-order valence-corrected chi connectivity index (χ3v) is 5.78. The molecule has 2 aromatic heterocycles. The van der Waals surface area contributed by atoms with Gasteiger partial charge in [0.25, 0.3) is 0 Å². The second kappa shape index (κ2) is 5.88. The van der Waals surface area contributed by atoms with Crippen LogP contribution in [0.5, 0.6) is 0 Å². The first kappa shape index (κ1) is 14.0. The quantitative estimate of drug-likeness (QED) is 0.946. The number of nitrogens with one attached hydrogen (secondary N) is 1. The molecular formula is C17H21N3OS. The van der Waals surface area contributed by atoms with E-state index in [9.17, 15) is 4.79 Å². The minimum absolute atomic E-state index is 0.262. The molecule has 1 amide bonds. The fourth-order valence-corrected chi connectivity index (χ4v) is 4.19. The molecule has 0 bridgehead atoms. The molecule has 22 heavy (non-hydrogen) atoms. The van der Waals surface area contributed by atoms with Crippen LogP contribution in [0.15, 0.2) is 23.7 Å². The maximum Gasteiger partial charge on any atom is 0.223 e. The van der Waals surface area contributed by atoms with Gasteiger partial charge in [0.1, 0.15) is 5.82 Å². The molecule has 1 N–H and O–H groups in total. The Labute approximate surface area is 134 Å². The third-order valence-electron chi connectivity index (χ3n) is 4.90. The second-order valence-corrected chi connectivity index (χ2v) is 7.34. The van der Waals surface area contributed by atoms with E-state index in [2.05, 4.69) is 32.7 Å². The van der Waals surface area contributed by atoms with Crippen LogP contribution in [0.1, 0.15) is 32.1 Å². The van der Waals surface area contributed by atoms with Crippen LogP contribution in [-0.2, 0) is 4.79 Å². The summed E-state index contributed by atoms with van der Waals surface area (Å²) in [5.74, 6) is 1.61. The number of carbonyl (C=O) groups excluding carboxylic acids is 1. The maximum atomic E-state index is 12.2. The molecule has 1 atom stereocenters. The summed E-state index contributed by atoms with van der Waals surface area (Å²) in [6, 6.07) is 4.49. The van der Waals surface area contributed by atoms with E-state index in [1.54, 1.807) is 11.3 Å². The molecular weight excluding hydrogens is 294 g/mol. The first-order chi connectivity index (χ1) is 10.8. The Hall–Kier alpha value is -1.62. The van der Waals surface area contributed by atoms with E-state index in [0.29, 0.717) is 0 Å². The molecule has 0 aromatic carbocycles. The molecule has 2 aromatic rings. The summed E-state index contributed by atoms with van der Waals surface area (Å²) in [6.45, 7) is 1.90. The van der Waals surface area contributed by atoms with Gasteiger partial charge in [0.2, 0.25) is 5.91 Å². The van der Waals surface area contributed by atoms with Crippen LogP contribution in [0, 0.1) is 5.92 Å². The van der Waals surface area contributed by atoms with Crippen molar-refractivity contribution in [1.29, 1.82) is 0 Å². The molecule has 1 aliphatic heterocycles. The summed E-state index contributed by atoms with van der Waals surface area (Å²) >= 11 is 1.76. The lowest BCUT2D eigenvalue weighted by atomic mass is 9.84. The zero-order chi connectivity index (χ0) is 14.9. The van der Waals surface area contributed by atoms with Gasteiger partial charge in [-0.3, -0.25) is 4.79 Å². The minimum atomic E-state index is 0.262. The highest BCUT2D eigenvalue weighted by Gasteiger charge is 2.29. The standard InChI is InChI=1S/C17H21N3OS/c21-17(12-3-1-4-12)19-13-5-2-9-20(11-13)16-14-7-10-22-15(14)6-8-18-16/h6-8,10,12-13H,1-5,9,11H2,(H,19,21). The largest absolute Gasteiger partial charge is 0.354 e. The van der Waals surface area contributed by atoms with Gasteiger partial charge in [0, 0.05) is 41.3 Å². The van der Waals surface area contributed by atoms with Gasteiger partial charge in [0.15, 0.2) is 0 Å². The van der Waals surface area contributed by atoms with Crippen LogP contribution in [-0.4, -0.2) is 30.0 Å². The van der Waals surface area contributed by atoms with E-state index in [-0.39, 0.29) is 17.9 Å². The highest BCUT2D eigenvalue weighted by atomic mass is 32.1. The number of pyridine rings is 1. The van der Waals surface area contributed by atoms with Crippen molar-refractivity contribution in [2.24, 2.45) is 5.92 Å². The number of piperidine rings is 1. The Morgan fingerprint density at radius 1 is 1.27 bits per heavy atom. The summed E-state index contributed by atoms with van der Waals surface area (Å²) in [6.07, 6.45) is 7.42. The summed E-state index contributed by atoms with van der Waals surface area (Å²) in [4.78, 5) is 19.1. The van der Waals surface area contributed by atoms with E-state index < -0.39 is 0 Å². The number of carbonyl (C=O) groups is 1. The van der Waals surface area contributed by atoms with Crippen molar-refractivity contribution >= 4 is 33.1 Å². The van der Waals surface area contributed by atoms with Gasteiger partial charge in [-0.25, -0.2) is 4.98 Å². The Kier molecular flexibility index (Phi) is 3.74. The highest BCUT2D eigenvalue weighted by Crippen LogP contribution is 2.30. The van der Waals surface area contributed by atoms with Crippen molar-refractivity contribution in [2.75, 3.05) is 18.0 Å². The van der Waals surface area contributed by atoms with Gasteiger partial charge in [-0.05, 0) is 43.2 Å². The number of rotatable bonds is 3. The fourth-order valence-electron chi connectivity index (χ4n) is 3.41. The summed E-state index contributed by atoms with van der Waals surface area (Å²) in [7, 11) is 0. The summed E-state index contributed by atoms with van der Waals surface area (Å²) < 4.78 is 1.28. The Balaban J connectivity index is 1.48. The van der Waals surface area contributed by atoms with Crippen molar-refractivity contribution < 1.29 is 4.79 Å². The predicted octanol–water partition coefficient (Wildman–Crippen LogP) is 3.18. The number of thiophene rings is 1. The van der Waals surface area contributed by atoms with E-state index in [4.69, 9.17) is 0 Å². The lowest BCUT2D eigenvalue weighted by molar-refractivity contribution is -0.128. The number of amides is 1. The van der Waals surface area contributed by atoms with Crippen molar-refractivity contribution in [2.45, 2.75) is 38.1 Å². The topological polar surface area (TPSA) is 45.2 Å². The monoisotopic (exact) mass is 315 g/mol. The molecule has 1 saturated carbocycles. The van der Waals surface area contributed by atoms with Crippen LogP contribution >= 0.6 is 11.3 Å². The average molecular weight is 315 g/mol. The molecule has 2 fully saturated rings. The molecule has 5 heteroatoms. The van der Waals surface area contributed by atoms with Gasteiger partial charge in [-0.1, -0.05) is 6.42 Å². The number of fused-ring (bicyclic) bond motifs is 1. The smallest absolute Gasteiger partial charge is 0.223 e. The van der Waals surface area contributed by atoms with Gasteiger partial charge in [0.05, 0.1) is 0 Å². The Morgan fingerprint density at radius 2 is 2.18 bits per heavy atom. The zero-order valence-corrected chi connectivity index (χ0v) is 13.4. The minimum Gasteiger partial charge on any atom is -0.354 e. The first-order valence-electron chi connectivity index (χ1n) is 8.19. The molecule has 0 spiro atoms. The lowest BCUT2D eigenvalue weighted by Gasteiger charge is -2.35. The van der Waals surface area contributed by atoms with E-state index >= 15 is 0 Å². The van der Waals surface area contributed by atoms with Crippen LogP contribution in [0.25, 0.3) is 10.1 Å². The van der Waals surface area contributed by atoms with Crippen molar-refractivity contribution in [3.8, 4) is 0 Å². The number of hydrogen-bond acceptors (Lipinski definition) is 4. The zero-order valence-electron chi connectivity index (χ0n) is 12.6. The van der Waals surface area contributed by atoms with Crippen LogP contribution in [0.2, 0.25) is 0 Å². The molecule has 4 nitrogen and oxygen atoms in total. The Morgan fingerprint density at radius 3 is 3.00 bits per heavy atom. The van der Waals surface area contributed by atoms with E-state index in [1.165, 1.54) is 16.5 Å². The van der Waals surface area contributed by atoms with Gasteiger partial charge in [-0.2, -0.15) is 0 Å². The first-order valence-corrected chi connectivity index (χ1v) is 9.07. The molecule has 1 saturated heterocycles.